The lowest BCUT2D eigenvalue weighted by atomic mass is 10.1. The van der Waals surface area contributed by atoms with Gasteiger partial charge < -0.3 is 20.4 Å². The van der Waals surface area contributed by atoms with E-state index in [-0.39, 0.29) is 0 Å². The third-order valence-electron chi connectivity index (χ3n) is 3.57. The molecule has 0 aliphatic heterocycles. The third-order valence-corrected chi connectivity index (χ3v) is 3.57. The molecule has 0 saturated heterocycles. The number of hydrogen-bond acceptors (Lipinski definition) is 5. The van der Waals surface area contributed by atoms with Gasteiger partial charge in [0.15, 0.2) is 6.29 Å². The molecule has 142 valence electrons. The first-order valence-electron chi connectivity index (χ1n) is 8.91. The summed E-state index contributed by atoms with van der Waals surface area (Å²) in [4.78, 5) is 0. The molecule has 0 atom stereocenters. The van der Waals surface area contributed by atoms with Crippen molar-refractivity contribution >= 4 is 6.21 Å². The normalized spacial score (nSPS) is 10.5. The summed E-state index contributed by atoms with van der Waals surface area (Å²) in [7, 11) is 0. The lowest BCUT2D eigenvalue weighted by Crippen LogP contribution is -2.05. The molecule has 0 bridgehead atoms. The smallest absolute Gasteiger partial charge is 0.178 e. The second-order valence-electron chi connectivity index (χ2n) is 5.85. The van der Waals surface area contributed by atoms with E-state index in [2.05, 4.69) is 36.5 Å². The van der Waals surface area contributed by atoms with Gasteiger partial charge in [0.1, 0.15) is 5.75 Å². The van der Waals surface area contributed by atoms with Crippen molar-refractivity contribution in [3.05, 3.63) is 65.2 Å². The summed E-state index contributed by atoms with van der Waals surface area (Å²) in [6, 6.07) is 15.2. The van der Waals surface area contributed by atoms with Crippen LogP contribution < -0.4 is 10.2 Å². The van der Waals surface area contributed by atoms with Crippen molar-refractivity contribution in [3.63, 3.8) is 0 Å². The number of hydrazone groups is 1. The molecular formula is C21H30N2O3. The molecule has 0 fully saturated rings. The molecule has 0 saturated carbocycles. The molecule has 0 aromatic heterocycles. The van der Waals surface area contributed by atoms with Gasteiger partial charge in [-0.2, -0.15) is 5.10 Å². The van der Waals surface area contributed by atoms with Gasteiger partial charge in [-0.15, -0.1) is 0 Å². The van der Waals surface area contributed by atoms with Crippen LogP contribution in [0.3, 0.4) is 0 Å². The summed E-state index contributed by atoms with van der Waals surface area (Å²) in [5.41, 5.74) is 5.66. The highest BCUT2D eigenvalue weighted by Crippen LogP contribution is 2.12. The van der Waals surface area contributed by atoms with E-state index in [1.165, 1.54) is 12.0 Å². The molecule has 2 aromatic rings. The van der Waals surface area contributed by atoms with E-state index in [9.17, 15) is 0 Å². The van der Waals surface area contributed by atoms with Crippen molar-refractivity contribution in [1.29, 1.82) is 0 Å². The number of hydrogen-bond donors (Lipinski definition) is 3. The predicted molar refractivity (Wildman–Crippen MR) is 106 cm³/mol. The molecule has 0 amide bonds. The molecule has 26 heavy (non-hydrogen) atoms. The monoisotopic (exact) mass is 358 g/mol. The molecule has 2 rings (SSSR count). The SMILES string of the molecule is C/C=N\NCc1ccc(C(O)O)cc1.CCCCOc1ccc(C)cc1. The highest BCUT2D eigenvalue weighted by atomic mass is 16.5. The van der Waals surface area contributed by atoms with Gasteiger partial charge in [-0.1, -0.05) is 55.3 Å². The Kier molecular flexibility index (Phi) is 10.8. The second-order valence-corrected chi connectivity index (χ2v) is 5.85. The standard InChI is InChI=1S/C11H16O.C10H14N2O2/c1-3-4-9-12-11-7-5-10(2)6-8-11;1-2-11-12-7-8-3-5-9(6-4-8)10(13)14/h5-8H,3-4,9H2,1-2H3;2-6,10,12-14H,7H2,1H3/b;11-2-. The van der Waals surface area contributed by atoms with Gasteiger partial charge in [0.25, 0.3) is 0 Å². The maximum Gasteiger partial charge on any atom is 0.178 e. The van der Waals surface area contributed by atoms with Crippen molar-refractivity contribution in [3.8, 4) is 5.75 Å². The first-order valence-corrected chi connectivity index (χ1v) is 8.91. The van der Waals surface area contributed by atoms with E-state index in [4.69, 9.17) is 14.9 Å². The molecule has 2 aromatic carbocycles. The summed E-state index contributed by atoms with van der Waals surface area (Å²) in [6.07, 6.45) is 2.59. The van der Waals surface area contributed by atoms with Crippen LogP contribution in [0, 0.1) is 6.92 Å². The van der Waals surface area contributed by atoms with Crippen LogP contribution in [-0.4, -0.2) is 23.0 Å². The van der Waals surface area contributed by atoms with Crippen LogP contribution in [0.4, 0.5) is 0 Å². The zero-order valence-electron chi connectivity index (χ0n) is 15.9. The number of unbranched alkanes of at least 4 members (excludes halogenated alkanes) is 1. The van der Waals surface area contributed by atoms with Gasteiger partial charge in [0.2, 0.25) is 0 Å². The number of aliphatic hydroxyl groups excluding tert-OH is 1. The molecule has 0 aliphatic rings. The minimum atomic E-state index is -1.40. The maximum atomic E-state index is 8.85. The lowest BCUT2D eigenvalue weighted by molar-refractivity contribution is -0.0424. The average Bonchev–Trinajstić information content (AvgIpc) is 2.65. The molecule has 5 nitrogen and oxygen atoms in total. The Morgan fingerprint density at radius 3 is 2.27 bits per heavy atom. The first kappa shape index (κ1) is 21.7. The van der Waals surface area contributed by atoms with E-state index in [1.807, 2.05) is 31.2 Å². The molecule has 3 N–H and O–H groups in total. The summed E-state index contributed by atoms with van der Waals surface area (Å²) < 4.78 is 5.50. The highest BCUT2D eigenvalue weighted by Gasteiger charge is 2.00. The Labute approximate surface area is 156 Å². The van der Waals surface area contributed by atoms with Crippen LogP contribution in [0.2, 0.25) is 0 Å². The number of aryl methyl sites for hydroxylation is 1. The quantitative estimate of drug-likeness (QED) is 0.289. The number of nitrogens with zero attached hydrogens (tertiary/aromatic N) is 1. The molecule has 0 spiro atoms. The van der Waals surface area contributed by atoms with Crippen molar-refractivity contribution in [1.82, 2.24) is 5.43 Å². The molecular weight excluding hydrogens is 328 g/mol. The van der Waals surface area contributed by atoms with Crippen molar-refractivity contribution in [2.24, 2.45) is 5.10 Å². The maximum absolute atomic E-state index is 8.85. The van der Waals surface area contributed by atoms with Crippen molar-refractivity contribution in [2.45, 2.75) is 46.4 Å². The van der Waals surface area contributed by atoms with Crippen LogP contribution in [-0.2, 0) is 6.54 Å². The molecule has 5 heteroatoms. The van der Waals surface area contributed by atoms with Crippen LogP contribution in [0.5, 0.6) is 5.75 Å². The first-order chi connectivity index (χ1) is 12.6. The Morgan fingerprint density at radius 1 is 1.08 bits per heavy atom. The minimum Gasteiger partial charge on any atom is -0.494 e. The zero-order chi connectivity index (χ0) is 19.2. The van der Waals surface area contributed by atoms with Gasteiger partial charge in [-0.25, -0.2) is 0 Å². The van der Waals surface area contributed by atoms with Crippen LogP contribution >= 0.6 is 0 Å². The van der Waals surface area contributed by atoms with Crippen LogP contribution in [0.1, 0.15) is 49.7 Å². The van der Waals surface area contributed by atoms with Gasteiger partial charge in [0.05, 0.1) is 13.2 Å². The Morgan fingerprint density at radius 2 is 1.73 bits per heavy atom. The van der Waals surface area contributed by atoms with Crippen molar-refractivity contribution < 1.29 is 14.9 Å². The Bertz CT molecular complexity index is 623. The summed E-state index contributed by atoms with van der Waals surface area (Å²) >= 11 is 0. The van der Waals surface area contributed by atoms with E-state index in [0.717, 1.165) is 24.3 Å². The molecule has 0 heterocycles. The van der Waals surface area contributed by atoms with Gasteiger partial charge in [-0.3, -0.25) is 0 Å². The van der Waals surface area contributed by atoms with Gasteiger partial charge >= 0.3 is 0 Å². The topological polar surface area (TPSA) is 74.1 Å². The summed E-state index contributed by atoms with van der Waals surface area (Å²) in [6.45, 7) is 7.54. The number of ether oxygens (including phenoxy) is 1. The number of nitrogens with one attached hydrogen (secondary N) is 1. The Balaban J connectivity index is 0.000000263. The number of aliphatic hydroxyl groups is 2. The van der Waals surface area contributed by atoms with Crippen molar-refractivity contribution in [2.75, 3.05) is 6.61 Å². The Hall–Kier alpha value is -2.37. The molecule has 0 aliphatic carbocycles. The van der Waals surface area contributed by atoms with Crippen LogP contribution in [0.25, 0.3) is 0 Å². The predicted octanol–water partition coefficient (Wildman–Crippen LogP) is 3.94. The zero-order valence-corrected chi connectivity index (χ0v) is 15.9. The fraction of sp³-hybridized carbons (Fsp3) is 0.381. The largest absolute Gasteiger partial charge is 0.494 e. The molecule has 0 radical (unpaired) electrons. The molecule has 0 unspecified atom stereocenters. The third kappa shape index (κ3) is 9.20. The number of rotatable bonds is 8. The second kappa shape index (κ2) is 12.9. The van der Waals surface area contributed by atoms with E-state index < -0.39 is 6.29 Å². The van der Waals surface area contributed by atoms with E-state index >= 15 is 0 Å². The summed E-state index contributed by atoms with van der Waals surface area (Å²) in [5.74, 6) is 0.981. The summed E-state index contributed by atoms with van der Waals surface area (Å²) in [5, 5.41) is 21.5. The fourth-order valence-electron chi connectivity index (χ4n) is 2.00. The minimum absolute atomic E-state index is 0.493. The lowest BCUT2D eigenvalue weighted by Gasteiger charge is -2.05. The van der Waals surface area contributed by atoms with E-state index in [0.29, 0.717) is 12.1 Å². The van der Waals surface area contributed by atoms with Gasteiger partial charge in [-0.05, 0) is 38.0 Å². The number of benzene rings is 2. The van der Waals surface area contributed by atoms with E-state index in [1.54, 1.807) is 18.3 Å². The highest BCUT2D eigenvalue weighted by molar-refractivity contribution is 5.52. The average molecular weight is 358 g/mol. The van der Waals surface area contributed by atoms with Gasteiger partial charge in [0, 0.05) is 11.8 Å². The van der Waals surface area contributed by atoms with Crippen LogP contribution in [0.15, 0.2) is 53.6 Å². The fourth-order valence-corrected chi connectivity index (χ4v) is 2.00.